The van der Waals surface area contributed by atoms with Crippen LogP contribution in [0.25, 0.3) is 11.5 Å². The SMILES string of the molecule is COc1ccc([C@H]2C=C(c3ccccc3)NN2C(=O)CSc2nc3nc(C)cc(C)n3n2)cc1. The van der Waals surface area contributed by atoms with E-state index in [1.807, 2.05) is 74.5 Å². The number of aryl methyl sites for hydroxylation is 2. The predicted octanol–water partition coefficient (Wildman–Crippen LogP) is 3.97. The number of methoxy groups -OCH3 is 1. The summed E-state index contributed by atoms with van der Waals surface area (Å²) in [5.74, 6) is 1.42. The molecule has 9 heteroatoms. The number of benzene rings is 2. The van der Waals surface area contributed by atoms with Gasteiger partial charge in [-0.3, -0.25) is 10.2 Å². The Hall–Kier alpha value is -3.85. The second-order valence-electron chi connectivity index (χ2n) is 7.97. The molecule has 2 aromatic carbocycles. The number of hydrogen-bond donors (Lipinski definition) is 1. The molecule has 0 saturated carbocycles. The molecule has 8 nitrogen and oxygen atoms in total. The van der Waals surface area contributed by atoms with Crippen LogP contribution in [0.2, 0.25) is 0 Å². The van der Waals surface area contributed by atoms with Crippen molar-refractivity contribution in [3.8, 4) is 5.75 Å². The molecule has 1 aliphatic rings. The summed E-state index contributed by atoms with van der Waals surface area (Å²) < 4.78 is 6.99. The molecule has 172 valence electrons. The summed E-state index contributed by atoms with van der Waals surface area (Å²) >= 11 is 1.30. The Balaban J connectivity index is 1.37. The van der Waals surface area contributed by atoms with Crippen molar-refractivity contribution in [3.05, 3.63) is 89.3 Å². The van der Waals surface area contributed by atoms with Gasteiger partial charge < -0.3 is 4.74 Å². The topological polar surface area (TPSA) is 84.6 Å². The van der Waals surface area contributed by atoms with Gasteiger partial charge in [-0.2, -0.15) is 4.98 Å². The predicted molar refractivity (Wildman–Crippen MR) is 131 cm³/mol. The van der Waals surface area contributed by atoms with E-state index in [9.17, 15) is 4.79 Å². The Morgan fingerprint density at radius 1 is 1.09 bits per heavy atom. The van der Waals surface area contributed by atoms with Gasteiger partial charge in [0.05, 0.1) is 24.6 Å². The maximum absolute atomic E-state index is 13.3. The van der Waals surface area contributed by atoms with E-state index in [2.05, 4.69) is 26.6 Å². The standard InChI is InChI=1S/C25H24N6O2S/c1-16-13-17(2)30-24(26-16)27-25(29-30)34-15-23(32)31-22(19-9-11-20(33-3)12-10-19)14-21(28-31)18-7-5-4-6-8-18/h4-14,22,28H,15H2,1-3H3/t22-/m1/s1. The molecule has 4 aromatic rings. The average molecular weight is 473 g/mol. The summed E-state index contributed by atoms with van der Waals surface area (Å²) in [6, 6.07) is 19.4. The van der Waals surface area contributed by atoms with Gasteiger partial charge in [0.15, 0.2) is 0 Å². The van der Waals surface area contributed by atoms with Crippen molar-refractivity contribution < 1.29 is 9.53 Å². The molecule has 1 N–H and O–H groups in total. The molecule has 1 amide bonds. The van der Waals surface area contributed by atoms with Crippen molar-refractivity contribution in [2.45, 2.75) is 25.0 Å². The summed E-state index contributed by atoms with van der Waals surface area (Å²) in [4.78, 5) is 22.2. The highest BCUT2D eigenvalue weighted by Gasteiger charge is 2.31. The van der Waals surface area contributed by atoms with E-state index in [1.165, 1.54) is 11.8 Å². The van der Waals surface area contributed by atoms with Crippen LogP contribution in [-0.4, -0.2) is 43.4 Å². The Morgan fingerprint density at radius 2 is 1.85 bits per heavy atom. The van der Waals surface area contributed by atoms with Crippen molar-refractivity contribution in [1.29, 1.82) is 0 Å². The van der Waals surface area contributed by atoms with Gasteiger partial charge in [0.2, 0.25) is 5.16 Å². The van der Waals surface area contributed by atoms with E-state index in [0.717, 1.165) is 34.0 Å². The molecule has 0 aliphatic carbocycles. The third-order valence-electron chi connectivity index (χ3n) is 5.58. The quantitative estimate of drug-likeness (QED) is 0.425. The lowest BCUT2D eigenvalue weighted by molar-refractivity contribution is -0.131. The van der Waals surface area contributed by atoms with E-state index in [-0.39, 0.29) is 17.7 Å². The maximum atomic E-state index is 13.3. The summed E-state index contributed by atoms with van der Waals surface area (Å²) in [7, 11) is 1.64. The minimum absolute atomic E-state index is 0.0762. The first kappa shape index (κ1) is 22.0. The normalized spacial score (nSPS) is 15.3. The van der Waals surface area contributed by atoms with Gasteiger partial charge in [-0.05, 0) is 49.2 Å². The number of ether oxygens (including phenoxy) is 1. The number of hydrogen-bond acceptors (Lipinski definition) is 7. The zero-order chi connectivity index (χ0) is 23.7. The molecule has 0 bridgehead atoms. The Morgan fingerprint density at radius 3 is 2.59 bits per heavy atom. The minimum Gasteiger partial charge on any atom is -0.497 e. The van der Waals surface area contributed by atoms with Crippen LogP contribution in [0.4, 0.5) is 0 Å². The van der Waals surface area contributed by atoms with Crippen LogP contribution in [0.3, 0.4) is 0 Å². The van der Waals surface area contributed by atoms with Crippen molar-refractivity contribution >= 4 is 29.1 Å². The summed E-state index contributed by atoms with van der Waals surface area (Å²) in [6.45, 7) is 3.88. The summed E-state index contributed by atoms with van der Waals surface area (Å²) in [5.41, 5.74) is 8.03. The molecule has 0 fully saturated rings. The number of carbonyl (C=O) groups is 1. The fourth-order valence-electron chi connectivity index (χ4n) is 3.92. The molecule has 0 unspecified atom stereocenters. The van der Waals surface area contributed by atoms with Gasteiger partial charge in [0.1, 0.15) is 5.75 Å². The Labute approximate surface area is 201 Å². The highest BCUT2D eigenvalue weighted by atomic mass is 32.2. The highest BCUT2D eigenvalue weighted by Crippen LogP contribution is 2.33. The first-order valence-corrected chi connectivity index (χ1v) is 11.8. The number of carbonyl (C=O) groups excluding carboxylic acids is 1. The number of nitrogens with one attached hydrogen (secondary N) is 1. The molecule has 0 spiro atoms. The van der Waals surface area contributed by atoms with Crippen LogP contribution in [0.15, 0.2) is 71.9 Å². The third kappa shape index (κ3) is 4.34. The molecule has 5 rings (SSSR count). The number of rotatable bonds is 6. The van der Waals surface area contributed by atoms with Crippen molar-refractivity contribution in [3.63, 3.8) is 0 Å². The third-order valence-corrected chi connectivity index (χ3v) is 6.40. The van der Waals surface area contributed by atoms with Crippen LogP contribution in [0.5, 0.6) is 5.75 Å². The largest absolute Gasteiger partial charge is 0.497 e. The number of nitrogens with zero attached hydrogens (tertiary/aromatic N) is 5. The van der Waals surface area contributed by atoms with Crippen LogP contribution < -0.4 is 10.2 Å². The van der Waals surface area contributed by atoms with Crippen LogP contribution in [-0.2, 0) is 4.79 Å². The molecule has 0 radical (unpaired) electrons. The summed E-state index contributed by atoms with van der Waals surface area (Å²) in [5, 5.41) is 6.69. The van der Waals surface area contributed by atoms with E-state index in [1.54, 1.807) is 16.6 Å². The molecule has 34 heavy (non-hydrogen) atoms. The van der Waals surface area contributed by atoms with Gasteiger partial charge in [0.25, 0.3) is 11.7 Å². The second-order valence-corrected chi connectivity index (χ2v) is 8.92. The van der Waals surface area contributed by atoms with E-state index in [4.69, 9.17) is 4.74 Å². The molecule has 0 saturated heterocycles. The van der Waals surface area contributed by atoms with Gasteiger partial charge in [-0.25, -0.2) is 14.5 Å². The zero-order valence-electron chi connectivity index (χ0n) is 19.1. The van der Waals surface area contributed by atoms with Crippen molar-refractivity contribution in [2.75, 3.05) is 12.9 Å². The first-order chi connectivity index (χ1) is 16.5. The van der Waals surface area contributed by atoms with Gasteiger partial charge in [-0.1, -0.05) is 54.2 Å². The molecule has 3 heterocycles. The smallest absolute Gasteiger partial charge is 0.253 e. The Bertz CT molecular complexity index is 1370. The molecule has 1 aliphatic heterocycles. The average Bonchev–Trinajstić information content (AvgIpc) is 3.48. The molecule has 1 atom stereocenters. The van der Waals surface area contributed by atoms with Crippen LogP contribution in [0.1, 0.15) is 28.6 Å². The number of hydrazine groups is 1. The first-order valence-electron chi connectivity index (χ1n) is 10.9. The van der Waals surface area contributed by atoms with Crippen molar-refractivity contribution in [2.24, 2.45) is 0 Å². The lowest BCUT2D eigenvalue weighted by Crippen LogP contribution is -2.40. The molecular weight excluding hydrogens is 448 g/mol. The Kier molecular flexibility index (Phi) is 5.93. The second kappa shape index (κ2) is 9.18. The van der Waals surface area contributed by atoms with Crippen LogP contribution >= 0.6 is 11.8 Å². The number of aromatic nitrogens is 4. The highest BCUT2D eigenvalue weighted by molar-refractivity contribution is 7.99. The zero-order valence-corrected chi connectivity index (χ0v) is 19.9. The number of thioether (sulfide) groups is 1. The minimum atomic E-state index is -0.255. The fourth-order valence-corrected chi connectivity index (χ4v) is 4.59. The number of amides is 1. The summed E-state index contributed by atoms with van der Waals surface area (Å²) in [6.07, 6.45) is 2.07. The fraction of sp³-hybridized carbons (Fsp3) is 0.200. The maximum Gasteiger partial charge on any atom is 0.253 e. The van der Waals surface area contributed by atoms with Gasteiger partial charge >= 0.3 is 0 Å². The monoisotopic (exact) mass is 472 g/mol. The molecular formula is C25H24N6O2S. The van der Waals surface area contributed by atoms with Crippen LogP contribution in [0, 0.1) is 13.8 Å². The molecule has 2 aromatic heterocycles. The lowest BCUT2D eigenvalue weighted by Gasteiger charge is -2.25. The van der Waals surface area contributed by atoms with Gasteiger partial charge in [-0.15, -0.1) is 5.10 Å². The van der Waals surface area contributed by atoms with E-state index < -0.39 is 0 Å². The lowest BCUT2D eigenvalue weighted by atomic mass is 10.0. The van der Waals surface area contributed by atoms with Gasteiger partial charge in [0, 0.05) is 11.4 Å². The van der Waals surface area contributed by atoms with E-state index >= 15 is 0 Å². The van der Waals surface area contributed by atoms with Crippen molar-refractivity contribution in [1.82, 2.24) is 30.0 Å². The van der Waals surface area contributed by atoms with E-state index in [0.29, 0.717) is 10.9 Å². The number of fused-ring (bicyclic) bond motifs is 1.